The normalized spacial score (nSPS) is 20.7. The lowest BCUT2D eigenvalue weighted by Crippen LogP contribution is -2.63. The van der Waals surface area contributed by atoms with Gasteiger partial charge in [0.15, 0.2) is 0 Å². The first-order valence-corrected chi connectivity index (χ1v) is 5.56. The van der Waals surface area contributed by atoms with E-state index in [-0.39, 0.29) is 12.8 Å². The van der Waals surface area contributed by atoms with Gasteiger partial charge < -0.3 is 0 Å². The molecular weight excluding hydrogens is 291 g/mol. The molecule has 1 aliphatic rings. The van der Waals surface area contributed by atoms with Crippen LogP contribution in [0.5, 0.6) is 0 Å². The van der Waals surface area contributed by atoms with Gasteiger partial charge >= 0.3 is 23.9 Å². The predicted molar refractivity (Wildman–Crippen MR) is 47.5 cm³/mol. The van der Waals surface area contributed by atoms with E-state index >= 15 is 0 Å². The van der Waals surface area contributed by atoms with Gasteiger partial charge in [-0.1, -0.05) is 19.3 Å². The van der Waals surface area contributed by atoms with Crippen LogP contribution in [0.1, 0.15) is 32.1 Å². The van der Waals surface area contributed by atoms with Crippen molar-refractivity contribution in [2.45, 2.75) is 56.0 Å². The molecule has 0 N–H and O–H groups in total. The molecule has 0 amide bonds. The van der Waals surface area contributed by atoms with E-state index in [0.717, 1.165) is 0 Å². The first-order chi connectivity index (χ1) is 8.36. The van der Waals surface area contributed by atoms with Gasteiger partial charge in [0.2, 0.25) is 0 Å². The monoisotopic (exact) mass is 302 g/mol. The summed E-state index contributed by atoms with van der Waals surface area (Å²) in [5, 5.41) is 0. The smallest absolute Gasteiger partial charge is 0.199 e. The second-order valence-corrected chi connectivity index (χ2v) is 4.60. The van der Waals surface area contributed by atoms with Gasteiger partial charge in [-0.25, -0.2) is 0 Å². The van der Waals surface area contributed by atoms with Gasteiger partial charge in [0.05, 0.1) is 0 Å². The topological polar surface area (TPSA) is 0 Å². The van der Waals surface area contributed by atoms with Crippen LogP contribution in [0.25, 0.3) is 0 Å². The summed E-state index contributed by atoms with van der Waals surface area (Å²) in [7, 11) is 0. The molecule has 0 aliphatic heterocycles. The highest BCUT2D eigenvalue weighted by Gasteiger charge is 2.82. The maximum Gasteiger partial charge on any atom is 0.460 e. The van der Waals surface area contributed by atoms with E-state index in [1.165, 1.54) is 0 Å². The van der Waals surface area contributed by atoms with Gasteiger partial charge in [-0.05, 0) is 12.8 Å². The van der Waals surface area contributed by atoms with E-state index in [9.17, 15) is 39.5 Å². The average molecular weight is 302 g/mol. The summed E-state index contributed by atoms with van der Waals surface area (Å²) >= 11 is 0. The first-order valence-electron chi connectivity index (χ1n) is 5.56. The Morgan fingerprint density at radius 2 is 1.00 bits per heavy atom. The summed E-state index contributed by atoms with van der Waals surface area (Å²) in [6.45, 7) is 0. The molecule has 114 valence electrons. The molecule has 0 bridgehead atoms. The van der Waals surface area contributed by atoms with Crippen LogP contribution in [0.2, 0.25) is 0 Å². The number of alkyl halides is 9. The molecular formula is C10H11F9. The third kappa shape index (κ3) is 2.52. The van der Waals surface area contributed by atoms with Crippen molar-refractivity contribution in [3.63, 3.8) is 0 Å². The highest BCUT2D eigenvalue weighted by molar-refractivity contribution is 5.03. The van der Waals surface area contributed by atoms with Crippen LogP contribution >= 0.6 is 0 Å². The van der Waals surface area contributed by atoms with Crippen LogP contribution in [-0.2, 0) is 0 Å². The van der Waals surface area contributed by atoms with Crippen LogP contribution < -0.4 is 0 Å². The van der Waals surface area contributed by atoms with Gasteiger partial charge in [0, 0.05) is 5.92 Å². The second-order valence-electron chi connectivity index (χ2n) is 4.60. The van der Waals surface area contributed by atoms with Gasteiger partial charge in [0.25, 0.3) is 0 Å². The Bertz CT molecular complexity index is 311. The van der Waals surface area contributed by atoms with Crippen LogP contribution in [0.15, 0.2) is 0 Å². The summed E-state index contributed by atoms with van der Waals surface area (Å²) in [6, 6.07) is 0. The van der Waals surface area contributed by atoms with Crippen molar-refractivity contribution in [1.29, 1.82) is 0 Å². The lowest BCUT2D eigenvalue weighted by molar-refractivity contribution is -0.404. The minimum atomic E-state index is -6.76. The summed E-state index contributed by atoms with van der Waals surface area (Å²) in [6.07, 6.45) is -7.03. The lowest BCUT2D eigenvalue weighted by atomic mass is 9.80. The Kier molecular flexibility index (Phi) is 4.09. The lowest BCUT2D eigenvalue weighted by Gasteiger charge is -2.38. The van der Waals surface area contributed by atoms with E-state index in [4.69, 9.17) is 0 Å². The maximum atomic E-state index is 13.4. The zero-order valence-corrected chi connectivity index (χ0v) is 9.51. The number of halogens is 9. The summed E-state index contributed by atoms with van der Waals surface area (Å²) in [5.74, 6) is -20.8. The molecule has 0 heterocycles. The molecule has 0 spiro atoms. The number of rotatable bonds is 3. The first kappa shape index (κ1) is 16.4. The van der Waals surface area contributed by atoms with Crippen molar-refractivity contribution in [2.24, 2.45) is 5.92 Å². The summed E-state index contributed by atoms with van der Waals surface area (Å²) in [4.78, 5) is 0. The molecule has 1 fully saturated rings. The fourth-order valence-corrected chi connectivity index (χ4v) is 2.11. The third-order valence-corrected chi connectivity index (χ3v) is 3.29. The Morgan fingerprint density at radius 1 is 0.579 bits per heavy atom. The Labute approximate surface area is 103 Å². The van der Waals surface area contributed by atoms with E-state index in [1.54, 1.807) is 0 Å². The van der Waals surface area contributed by atoms with Crippen molar-refractivity contribution < 1.29 is 39.5 Å². The van der Waals surface area contributed by atoms with Crippen molar-refractivity contribution in [3.8, 4) is 0 Å². The van der Waals surface area contributed by atoms with E-state index < -0.39 is 42.7 Å². The average Bonchev–Trinajstić information content (AvgIpc) is 2.28. The molecule has 0 radical (unpaired) electrons. The molecule has 0 nitrogen and oxygen atoms in total. The molecule has 1 rings (SSSR count). The molecule has 0 saturated heterocycles. The molecule has 0 unspecified atom stereocenters. The SMILES string of the molecule is FC(F)(F)C(F)(F)C(F)(F)C(F)(F)C1CCCCC1. The minimum Gasteiger partial charge on any atom is -0.199 e. The van der Waals surface area contributed by atoms with Gasteiger partial charge in [-0.3, -0.25) is 0 Å². The van der Waals surface area contributed by atoms with Crippen molar-refractivity contribution >= 4 is 0 Å². The Balaban J connectivity index is 3.09. The Hall–Kier alpha value is -0.630. The van der Waals surface area contributed by atoms with Crippen LogP contribution in [0.4, 0.5) is 39.5 Å². The molecule has 19 heavy (non-hydrogen) atoms. The van der Waals surface area contributed by atoms with Crippen LogP contribution in [0, 0.1) is 5.92 Å². The molecule has 0 aromatic rings. The zero-order valence-electron chi connectivity index (χ0n) is 9.51. The Morgan fingerprint density at radius 3 is 1.37 bits per heavy atom. The summed E-state index contributed by atoms with van der Waals surface area (Å²) < 4.78 is 114. The summed E-state index contributed by atoms with van der Waals surface area (Å²) in [5.41, 5.74) is 0. The van der Waals surface area contributed by atoms with Gasteiger partial charge in [-0.2, -0.15) is 39.5 Å². The molecule has 0 aromatic heterocycles. The van der Waals surface area contributed by atoms with Crippen molar-refractivity contribution in [1.82, 2.24) is 0 Å². The predicted octanol–water partition coefficient (Wildman–Crippen LogP) is 5.03. The van der Waals surface area contributed by atoms with E-state index in [2.05, 4.69) is 0 Å². The number of hydrogen-bond acceptors (Lipinski definition) is 0. The van der Waals surface area contributed by atoms with Crippen LogP contribution in [0.3, 0.4) is 0 Å². The van der Waals surface area contributed by atoms with Gasteiger partial charge in [-0.15, -0.1) is 0 Å². The second kappa shape index (κ2) is 4.73. The third-order valence-electron chi connectivity index (χ3n) is 3.29. The van der Waals surface area contributed by atoms with Crippen LogP contribution in [-0.4, -0.2) is 23.9 Å². The molecule has 1 aliphatic carbocycles. The molecule has 0 aromatic carbocycles. The maximum absolute atomic E-state index is 13.4. The van der Waals surface area contributed by atoms with E-state index in [0.29, 0.717) is 6.42 Å². The van der Waals surface area contributed by atoms with Gasteiger partial charge in [0.1, 0.15) is 0 Å². The largest absolute Gasteiger partial charge is 0.460 e. The zero-order chi connectivity index (χ0) is 15.1. The standard InChI is InChI=1S/C10H11F9/c11-7(12,6-4-2-1-3-5-6)8(13,14)9(15,16)10(17,18)19/h6H,1-5H2. The minimum absolute atomic E-state index is 0.105. The fraction of sp³-hybridized carbons (Fsp3) is 1.00. The highest BCUT2D eigenvalue weighted by atomic mass is 19.4. The van der Waals surface area contributed by atoms with E-state index in [1.807, 2.05) is 0 Å². The fourth-order valence-electron chi connectivity index (χ4n) is 2.11. The molecule has 0 atom stereocenters. The molecule has 9 heteroatoms. The quantitative estimate of drug-likeness (QED) is 0.641. The number of hydrogen-bond donors (Lipinski definition) is 0. The highest BCUT2D eigenvalue weighted by Crippen LogP contribution is 2.56. The van der Waals surface area contributed by atoms with Crippen molar-refractivity contribution in [3.05, 3.63) is 0 Å². The molecule has 1 saturated carbocycles. The van der Waals surface area contributed by atoms with Crippen molar-refractivity contribution in [2.75, 3.05) is 0 Å².